The number of amides is 2. The van der Waals surface area contributed by atoms with Gasteiger partial charge in [0.05, 0.1) is 11.1 Å². The molecular weight excluding hydrogens is 537 g/mol. The maximum absolute atomic E-state index is 15.0. The summed E-state index contributed by atoms with van der Waals surface area (Å²) in [5, 5.41) is 5.12. The second-order valence-electron chi connectivity index (χ2n) is 9.20. The van der Waals surface area contributed by atoms with E-state index in [1.165, 1.54) is 12.1 Å². The van der Waals surface area contributed by atoms with E-state index in [1.807, 2.05) is 0 Å². The molecule has 0 radical (unpaired) electrons. The summed E-state index contributed by atoms with van der Waals surface area (Å²) in [6.07, 6.45) is -0.468. The Labute approximate surface area is 215 Å². The van der Waals surface area contributed by atoms with Crippen molar-refractivity contribution >= 4 is 39.2 Å². The highest BCUT2D eigenvalue weighted by molar-refractivity contribution is 9.10. The molecule has 0 saturated carbocycles. The molecule has 0 bridgehead atoms. The molecule has 188 valence electrons. The first-order valence-corrected chi connectivity index (χ1v) is 11.8. The fourth-order valence-corrected chi connectivity index (χ4v) is 3.55. The van der Waals surface area contributed by atoms with Gasteiger partial charge in [-0.25, -0.2) is 13.2 Å². The molecule has 0 atom stereocenters. The van der Waals surface area contributed by atoms with E-state index in [1.54, 1.807) is 45.0 Å². The van der Waals surface area contributed by atoms with E-state index in [-0.39, 0.29) is 29.1 Å². The van der Waals surface area contributed by atoms with Crippen molar-refractivity contribution in [2.24, 2.45) is 5.41 Å². The van der Waals surface area contributed by atoms with Crippen molar-refractivity contribution in [3.05, 3.63) is 98.8 Å². The van der Waals surface area contributed by atoms with E-state index in [0.717, 1.165) is 22.7 Å². The topological polar surface area (TPSA) is 75.3 Å². The molecule has 9 heteroatoms. The zero-order chi connectivity index (χ0) is 26.6. The number of carbonyl (C=O) groups excluding carboxylic acids is 3. The van der Waals surface area contributed by atoms with Crippen LogP contribution in [0.4, 0.5) is 18.9 Å². The molecule has 0 saturated heterocycles. The highest BCUT2D eigenvalue weighted by Gasteiger charge is 2.24. The van der Waals surface area contributed by atoms with Gasteiger partial charge in [0.15, 0.2) is 5.78 Å². The van der Waals surface area contributed by atoms with E-state index < -0.39 is 46.5 Å². The predicted molar refractivity (Wildman–Crippen MR) is 134 cm³/mol. The van der Waals surface area contributed by atoms with E-state index in [4.69, 9.17) is 0 Å². The molecule has 0 fully saturated rings. The molecule has 3 aromatic carbocycles. The first-order valence-electron chi connectivity index (χ1n) is 11.0. The van der Waals surface area contributed by atoms with Crippen LogP contribution < -0.4 is 10.6 Å². The minimum atomic E-state index is -1.08. The number of nitrogens with one attached hydrogen (secondary N) is 2. The second-order valence-corrected chi connectivity index (χ2v) is 10.1. The van der Waals surface area contributed by atoms with Crippen molar-refractivity contribution in [3.63, 3.8) is 0 Å². The van der Waals surface area contributed by atoms with Crippen LogP contribution in [0.5, 0.6) is 0 Å². The maximum Gasteiger partial charge on any atom is 0.258 e. The third-order valence-electron chi connectivity index (χ3n) is 5.31. The Bertz CT molecular complexity index is 1320. The highest BCUT2D eigenvalue weighted by Crippen LogP contribution is 2.22. The second kappa shape index (κ2) is 11.1. The molecular formula is C27H24BrF3N2O3. The van der Waals surface area contributed by atoms with Crippen LogP contribution >= 0.6 is 15.9 Å². The summed E-state index contributed by atoms with van der Waals surface area (Å²) in [6, 6.07) is 12.2. The van der Waals surface area contributed by atoms with Gasteiger partial charge in [-0.2, -0.15) is 0 Å². The van der Waals surface area contributed by atoms with Crippen molar-refractivity contribution in [2.45, 2.75) is 33.7 Å². The van der Waals surface area contributed by atoms with Gasteiger partial charge in [-0.15, -0.1) is 0 Å². The Morgan fingerprint density at radius 1 is 0.889 bits per heavy atom. The Balaban J connectivity index is 1.80. The number of Topliss-reactive ketones (excluding diaryl/α,β-unsaturated/α-hetero) is 1. The van der Waals surface area contributed by atoms with Crippen LogP contribution in [-0.4, -0.2) is 17.6 Å². The largest absolute Gasteiger partial charge is 0.351 e. The van der Waals surface area contributed by atoms with Crippen LogP contribution in [0.3, 0.4) is 0 Å². The van der Waals surface area contributed by atoms with Crippen LogP contribution in [0.2, 0.25) is 0 Å². The normalized spacial score (nSPS) is 11.2. The first kappa shape index (κ1) is 27.1. The predicted octanol–water partition coefficient (Wildman–Crippen LogP) is 6.21. The Morgan fingerprint density at radius 3 is 2.17 bits per heavy atom. The molecule has 0 heterocycles. The fraction of sp³-hybridized carbons (Fsp3) is 0.222. The van der Waals surface area contributed by atoms with Gasteiger partial charge in [-0.1, -0.05) is 48.8 Å². The lowest BCUT2D eigenvalue weighted by molar-refractivity contribution is -0.128. The number of benzene rings is 3. The summed E-state index contributed by atoms with van der Waals surface area (Å²) < 4.78 is 44.6. The van der Waals surface area contributed by atoms with Crippen LogP contribution in [0.1, 0.15) is 52.6 Å². The van der Waals surface area contributed by atoms with Gasteiger partial charge >= 0.3 is 0 Å². The highest BCUT2D eigenvalue weighted by atomic mass is 79.9. The maximum atomic E-state index is 15.0. The smallest absolute Gasteiger partial charge is 0.258 e. The lowest BCUT2D eigenvalue weighted by atomic mass is 9.95. The molecule has 0 aromatic heterocycles. The van der Waals surface area contributed by atoms with Crippen molar-refractivity contribution < 1.29 is 27.6 Å². The van der Waals surface area contributed by atoms with E-state index >= 15 is 4.39 Å². The monoisotopic (exact) mass is 560 g/mol. The molecule has 0 aliphatic carbocycles. The summed E-state index contributed by atoms with van der Waals surface area (Å²) in [5.41, 5.74) is -1.20. The summed E-state index contributed by atoms with van der Waals surface area (Å²) in [6.45, 7) is 4.84. The molecule has 5 nitrogen and oxygen atoms in total. The lowest BCUT2D eigenvalue weighted by Gasteiger charge is -2.18. The molecule has 0 aliphatic heterocycles. The van der Waals surface area contributed by atoms with Gasteiger partial charge in [0.2, 0.25) is 5.91 Å². The van der Waals surface area contributed by atoms with Crippen molar-refractivity contribution in [2.75, 3.05) is 5.32 Å². The minimum Gasteiger partial charge on any atom is -0.351 e. The molecule has 36 heavy (non-hydrogen) atoms. The van der Waals surface area contributed by atoms with Crippen molar-refractivity contribution in [3.8, 4) is 0 Å². The van der Waals surface area contributed by atoms with Crippen molar-refractivity contribution in [1.82, 2.24) is 5.32 Å². The molecule has 2 N–H and O–H groups in total. The minimum absolute atomic E-state index is 0.0500. The van der Waals surface area contributed by atoms with Crippen LogP contribution in [0.15, 0.2) is 59.1 Å². The van der Waals surface area contributed by atoms with Gasteiger partial charge < -0.3 is 10.6 Å². The molecule has 0 aliphatic rings. The zero-order valence-corrected chi connectivity index (χ0v) is 21.4. The van der Waals surface area contributed by atoms with Gasteiger partial charge in [0.1, 0.15) is 17.5 Å². The van der Waals surface area contributed by atoms with E-state index in [9.17, 15) is 23.2 Å². The Kier molecular flexibility index (Phi) is 8.35. The standard InChI is InChI=1S/C27H24BrF3N2O3/c1-27(2,3)26(36)32-14-16-5-11-21(30)23(24(16)31)22(34)13-15-4-10-20(29)19(12-15)25(35)33-18-8-6-17(28)7-9-18/h4-12H,13-14H2,1-3H3,(H,32,36)(H,33,35). The van der Waals surface area contributed by atoms with Crippen molar-refractivity contribution in [1.29, 1.82) is 0 Å². The van der Waals surface area contributed by atoms with Crippen LogP contribution in [0, 0.1) is 22.9 Å². The number of halogens is 4. The lowest BCUT2D eigenvalue weighted by Crippen LogP contribution is -2.34. The van der Waals surface area contributed by atoms with E-state index in [0.29, 0.717) is 5.69 Å². The van der Waals surface area contributed by atoms with Gasteiger partial charge in [0.25, 0.3) is 5.91 Å². The number of ketones is 1. The Hall–Kier alpha value is -3.46. The number of hydrogen-bond acceptors (Lipinski definition) is 3. The van der Waals surface area contributed by atoms with Gasteiger partial charge in [0, 0.05) is 34.1 Å². The number of anilines is 1. The molecule has 2 amide bonds. The average Bonchev–Trinajstić information content (AvgIpc) is 2.80. The first-order chi connectivity index (χ1) is 16.9. The number of carbonyl (C=O) groups is 3. The number of rotatable bonds is 7. The fourth-order valence-electron chi connectivity index (χ4n) is 3.29. The summed E-state index contributed by atoms with van der Waals surface area (Å²) in [7, 11) is 0. The van der Waals surface area contributed by atoms with Gasteiger partial charge in [-0.05, 0) is 48.0 Å². The summed E-state index contributed by atoms with van der Waals surface area (Å²) in [4.78, 5) is 37.5. The summed E-state index contributed by atoms with van der Waals surface area (Å²) >= 11 is 3.28. The molecule has 0 spiro atoms. The number of hydrogen-bond donors (Lipinski definition) is 2. The third kappa shape index (κ3) is 6.60. The zero-order valence-electron chi connectivity index (χ0n) is 19.8. The molecule has 0 unspecified atom stereocenters. The van der Waals surface area contributed by atoms with Gasteiger partial charge in [-0.3, -0.25) is 14.4 Å². The molecule has 3 rings (SSSR count). The third-order valence-corrected chi connectivity index (χ3v) is 5.84. The quantitative estimate of drug-likeness (QED) is 0.337. The molecule has 3 aromatic rings. The van der Waals surface area contributed by atoms with Crippen LogP contribution in [0.25, 0.3) is 0 Å². The van der Waals surface area contributed by atoms with E-state index in [2.05, 4.69) is 26.6 Å². The SMILES string of the molecule is CC(C)(C)C(=O)NCc1ccc(F)c(C(=O)Cc2ccc(F)c(C(=O)Nc3ccc(Br)cc3)c2)c1F. The average molecular weight is 561 g/mol. The Morgan fingerprint density at radius 2 is 1.53 bits per heavy atom. The van der Waals surface area contributed by atoms with Crippen LogP contribution in [-0.2, 0) is 17.8 Å². The summed E-state index contributed by atoms with van der Waals surface area (Å²) in [5.74, 6) is -4.91.